The number of likely N-dealkylation sites (tertiary alicyclic amines) is 1. The largest absolute Gasteiger partial charge is 0.337 e. The van der Waals surface area contributed by atoms with Crippen LogP contribution in [-0.4, -0.2) is 29.9 Å². The highest BCUT2D eigenvalue weighted by atomic mass is 127. The van der Waals surface area contributed by atoms with Gasteiger partial charge in [0.2, 0.25) is 0 Å². The monoisotopic (exact) mass is 402 g/mol. The predicted molar refractivity (Wildman–Crippen MR) is 79.4 cm³/mol. The van der Waals surface area contributed by atoms with Gasteiger partial charge in [0.25, 0.3) is 5.91 Å². The SMILES string of the molecule is Cl.N[C@@H]1CCCN(C(=O)c2cc(I)c(F)cc2F)C1. The van der Waals surface area contributed by atoms with E-state index in [0.29, 0.717) is 13.1 Å². The number of piperidine rings is 1. The zero-order valence-corrected chi connectivity index (χ0v) is 13.0. The molecule has 0 saturated carbocycles. The van der Waals surface area contributed by atoms with Crippen molar-refractivity contribution in [3.05, 3.63) is 32.9 Å². The van der Waals surface area contributed by atoms with Crippen molar-refractivity contribution in [1.29, 1.82) is 0 Å². The molecule has 0 aromatic heterocycles. The molecule has 1 aromatic rings. The average molecular weight is 403 g/mol. The van der Waals surface area contributed by atoms with Crippen molar-refractivity contribution < 1.29 is 13.6 Å². The van der Waals surface area contributed by atoms with Crippen LogP contribution in [0.15, 0.2) is 12.1 Å². The third-order valence-corrected chi connectivity index (χ3v) is 3.81. The molecule has 19 heavy (non-hydrogen) atoms. The molecule has 0 unspecified atom stereocenters. The lowest BCUT2D eigenvalue weighted by Gasteiger charge is -2.30. The Hall–Kier alpha value is -0.470. The number of rotatable bonds is 1. The molecule has 1 fully saturated rings. The van der Waals surface area contributed by atoms with Crippen molar-refractivity contribution in [3.8, 4) is 0 Å². The van der Waals surface area contributed by atoms with Crippen LogP contribution in [-0.2, 0) is 0 Å². The van der Waals surface area contributed by atoms with Crippen molar-refractivity contribution in [1.82, 2.24) is 4.90 Å². The van der Waals surface area contributed by atoms with Gasteiger partial charge in [-0.05, 0) is 41.5 Å². The number of nitrogens with two attached hydrogens (primary N) is 1. The van der Waals surface area contributed by atoms with Gasteiger partial charge >= 0.3 is 0 Å². The normalized spacial score (nSPS) is 18.9. The maximum Gasteiger partial charge on any atom is 0.256 e. The van der Waals surface area contributed by atoms with E-state index >= 15 is 0 Å². The Morgan fingerprint density at radius 3 is 2.68 bits per heavy atom. The summed E-state index contributed by atoms with van der Waals surface area (Å²) >= 11 is 1.74. The van der Waals surface area contributed by atoms with Crippen LogP contribution < -0.4 is 5.73 Å². The highest BCUT2D eigenvalue weighted by Crippen LogP contribution is 2.20. The van der Waals surface area contributed by atoms with Crippen molar-refractivity contribution in [2.24, 2.45) is 5.73 Å². The lowest BCUT2D eigenvalue weighted by Crippen LogP contribution is -2.45. The Morgan fingerprint density at radius 1 is 1.37 bits per heavy atom. The van der Waals surface area contributed by atoms with E-state index in [4.69, 9.17) is 5.73 Å². The molecule has 3 nitrogen and oxygen atoms in total. The van der Waals surface area contributed by atoms with Crippen LogP contribution in [0, 0.1) is 15.2 Å². The number of benzene rings is 1. The van der Waals surface area contributed by atoms with Crippen LogP contribution in [0.1, 0.15) is 23.2 Å². The summed E-state index contributed by atoms with van der Waals surface area (Å²) in [5.41, 5.74) is 5.70. The van der Waals surface area contributed by atoms with Gasteiger partial charge in [0, 0.05) is 28.8 Å². The van der Waals surface area contributed by atoms with Gasteiger partial charge in [-0.25, -0.2) is 8.78 Å². The first kappa shape index (κ1) is 16.6. The maximum absolute atomic E-state index is 13.6. The molecule has 2 rings (SSSR count). The summed E-state index contributed by atoms with van der Waals surface area (Å²) in [6.07, 6.45) is 1.68. The average Bonchev–Trinajstić information content (AvgIpc) is 2.33. The molecule has 0 aliphatic carbocycles. The Labute approximate surface area is 130 Å². The first-order valence-electron chi connectivity index (χ1n) is 5.68. The minimum absolute atomic E-state index is 0. The molecule has 1 aliphatic rings. The smallest absolute Gasteiger partial charge is 0.256 e. The highest BCUT2D eigenvalue weighted by Gasteiger charge is 2.25. The standard InChI is InChI=1S/C12H13F2IN2O.ClH/c13-9-5-10(14)11(15)4-8(9)12(18)17-3-1-2-7(16)6-17;/h4-5,7H,1-3,6,16H2;1H/t7-;/m1./s1. The Balaban J connectivity index is 0.00000180. The van der Waals surface area contributed by atoms with Crippen LogP contribution in [0.2, 0.25) is 0 Å². The van der Waals surface area contributed by atoms with E-state index in [1.54, 1.807) is 22.6 Å². The number of hydrogen-bond acceptors (Lipinski definition) is 2. The number of hydrogen-bond donors (Lipinski definition) is 1. The van der Waals surface area contributed by atoms with E-state index < -0.39 is 17.5 Å². The molecule has 106 valence electrons. The zero-order chi connectivity index (χ0) is 13.3. The van der Waals surface area contributed by atoms with Crippen molar-refractivity contribution in [3.63, 3.8) is 0 Å². The summed E-state index contributed by atoms with van der Waals surface area (Å²) in [4.78, 5) is 13.7. The van der Waals surface area contributed by atoms with Gasteiger partial charge in [-0.15, -0.1) is 12.4 Å². The molecule has 1 amide bonds. The number of halogens is 4. The zero-order valence-electron chi connectivity index (χ0n) is 10.0. The molecular weight excluding hydrogens is 388 g/mol. The van der Waals surface area contributed by atoms with Crippen molar-refractivity contribution >= 4 is 40.9 Å². The summed E-state index contributed by atoms with van der Waals surface area (Å²) in [5, 5.41) is 0. The molecule has 2 N–H and O–H groups in total. The van der Waals surface area contributed by atoms with Crippen LogP contribution in [0.4, 0.5) is 8.78 Å². The van der Waals surface area contributed by atoms with Gasteiger partial charge in [0.05, 0.1) is 5.56 Å². The molecule has 1 atom stereocenters. The van der Waals surface area contributed by atoms with Crippen LogP contribution in [0.5, 0.6) is 0 Å². The van der Waals surface area contributed by atoms with E-state index in [-0.39, 0.29) is 27.6 Å². The third-order valence-electron chi connectivity index (χ3n) is 2.99. The molecular formula is C12H14ClF2IN2O. The Bertz CT molecular complexity index is 487. The summed E-state index contributed by atoms with van der Waals surface area (Å²) < 4.78 is 27.0. The van der Waals surface area contributed by atoms with Gasteiger partial charge in [0.15, 0.2) is 0 Å². The fraction of sp³-hybridized carbons (Fsp3) is 0.417. The maximum atomic E-state index is 13.6. The molecule has 1 aliphatic heterocycles. The minimum atomic E-state index is -0.822. The second-order valence-corrected chi connectivity index (χ2v) is 5.56. The van der Waals surface area contributed by atoms with Gasteiger partial charge in [-0.3, -0.25) is 4.79 Å². The summed E-state index contributed by atoms with van der Waals surface area (Å²) in [6, 6.07) is 1.93. The third kappa shape index (κ3) is 3.76. The Kier molecular flexibility index (Phi) is 5.94. The van der Waals surface area contributed by atoms with Crippen molar-refractivity contribution in [2.45, 2.75) is 18.9 Å². The quantitative estimate of drug-likeness (QED) is 0.580. The van der Waals surface area contributed by atoms with Crippen LogP contribution >= 0.6 is 35.0 Å². The molecule has 1 saturated heterocycles. The number of carbonyl (C=O) groups is 1. The predicted octanol–water partition coefficient (Wildman–Crippen LogP) is 2.55. The van der Waals surface area contributed by atoms with E-state index in [9.17, 15) is 13.6 Å². The molecule has 7 heteroatoms. The van der Waals surface area contributed by atoms with Gasteiger partial charge < -0.3 is 10.6 Å². The van der Waals surface area contributed by atoms with E-state index in [0.717, 1.165) is 18.9 Å². The Morgan fingerprint density at radius 2 is 2.05 bits per heavy atom. The fourth-order valence-electron chi connectivity index (χ4n) is 2.05. The summed E-state index contributed by atoms with van der Waals surface area (Å²) in [6.45, 7) is 0.992. The second-order valence-electron chi connectivity index (χ2n) is 4.40. The second kappa shape index (κ2) is 6.81. The number of carbonyl (C=O) groups excluding carboxylic acids is 1. The molecule has 1 heterocycles. The summed E-state index contributed by atoms with van der Waals surface area (Å²) in [5.74, 6) is -1.89. The first-order chi connectivity index (χ1) is 8.49. The molecule has 0 radical (unpaired) electrons. The van der Waals surface area contributed by atoms with Gasteiger partial charge in [-0.1, -0.05) is 0 Å². The van der Waals surface area contributed by atoms with Crippen LogP contribution in [0.3, 0.4) is 0 Å². The van der Waals surface area contributed by atoms with E-state index in [2.05, 4.69) is 0 Å². The van der Waals surface area contributed by atoms with Gasteiger partial charge in [0.1, 0.15) is 11.6 Å². The lowest BCUT2D eigenvalue weighted by atomic mass is 10.1. The highest BCUT2D eigenvalue weighted by molar-refractivity contribution is 14.1. The fourth-order valence-corrected chi connectivity index (χ4v) is 2.52. The van der Waals surface area contributed by atoms with Crippen molar-refractivity contribution in [2.75, 3.05) is 13.1 Å². The molecule has 0 spiro atoms. The number of amides is 1. The minimum Gasteiger partial charge on any atom is -0.337 e. The van der Waals surface area contributed by atoms with Crippen LogP contribution in [0.25, 0.3) is 0 Å². The first-order valence-corrected chi connectivity index (χ1v) is 6.76. The van der Waals surface area contributed by atoms with Gasteiger partial charge in [-0.2, -0.15) is 0 Å². The van der Waals surface area contributed by atoms with E-state index in [1.165, 1.54) is 11.0 Å². The summed E-state index contributed by atoms with van der Waals surface area (Å²) in [7, 11) is 0. The number of nitrogens with zero attached hydrogens (tertiary/aromatic N) is 1. The molecule has 1 aromatic carbocycles. The topological polar surface area (TPSA) is 46.3 Å². The van der Waals surface area contributed by atoms with E-state index in [1.807, 2.05) is 0 Å². The molecule has 0 bridgehead atoms. The lowest BCUT2D eigenvalue weighted by molar-refractivity contribution is 0.0704.